The van der Waals surface area contributed by atoms with Gasteiger partial charge in [-0.05, 0) is 12.1 Å². The fourth-order valence-electron chi connectivity index (χ4n) is 1.42. The van der Waals surface area contributed by atoms with Gasteiger partial charge in [0, 0.05) is 12.4 Å². The highest BCUT2D eigenvalue weighted by Crippen LogP contribution is 2.17. The van der Waals surface area contributed by atoms with Gasteiger partial charge in [0.15, 0.2) is 0 Å². The molecule has 3 heteroatoms. The van der Waals surface area contributed by atoms with Gasteiger partial charge < -0.3 is 4.40 Å². The normalized spacial score (nSPS) is 11.6. The summed E-state index contributed by atoms with van der Waals surface area (Å²) < 4.78 is 2.03. The first-order valence-electron chi connectivity index (χ1n) is 3.45. The number of rotatable bonds is 0. The molecular formula is C8H5N3. The highest BCUT2D eigenvalue weighted by molar-refractivity contribution is 5.91. The van der Waals surface area contributed by atoms with Gasteiger partial charge in [0.05, 0.1) is 16.6 Å². The van der Waals surface area contributed by atoms with Gasteiger partial charge in [-0.25, -0.2) is 9.97 Å². The predicted octanol–water partition coefficient (Wildman–Crippen LogP) is 1.32. The van der Waals surface area contributed by atoms with Gasteiger partial charge in [-0.3, -0.25) is 0 Å². The second kappa shape index (κ2) is 1.50. The van der Waals surface area contributed by atoms with Crippen LogP contribution in [0.5, 0.6) is 0 Å². The van der Waals surface area contributed by atoms with Crippen LogP contribution in [0.15, 0.2) is 30.9 Å². The molecule has 3 nitrogen and oxygen atoms in total. The van der Waals surface area contributed by atoms with Crippen molar-refractivity contribution in [2.45, 2.75) is 0 Å². The van der Waals surface area contributed by atoms with Crippen LogP contribution in [-0.2, 0) is 0 Å². The summed E-state index contributed by atoms with van der Waals surface area (Å²) >= 11 is 0. The Morgan fingerprint density at radius 3 is 2.27 bits per heavy atom. The third kappa shape index (κ3) is 0.487. The van der Waals surface area contributed by atoms with Crippen molar-refractivity contribution >= 4 is 16.6 Å². The van der Waals surface area contributed by atoms with Crippen LogP contribution in [0.4, 0.5) is 0 Å². The van der Waals surface area contributed by atoms with E-state index in [-0.39, 0.29) is 0 Å². The summed E-state index contributed by atoms with van der Waals surface area (Å²) in [7, 11) is 0. The number of hydrogen-bond donors (Lipinski definition) is 0. The van der Waals surface area contributed by atoms with Crippen molar-refractivity contribution in [1.29, 1.82) is 0 Å². The number of aromatic nitrogens is 3. The van der Waals surface area contributed by atoms with Crippen molar-refractivity contribution in [2.75, 3.05) is 0 Å². The van der Waals surface area contributed by atoms with Gasteiger partial charge in [0.25, 0.3) is 0 Å². The van der Waals surface area contributed by atoms with Crippen LogP contribution >= 0.6 is 0 Å². The molecule has 3 aromatic heterocycles. The highest BCUT2D eigenvalue weighted by atomic mass is 14.9. The fraction of sp³-hybridized carbons (Fsp3) is 0. The molecule has 52 valence electrons. The van der Waals surface area contributed by atoms with Crippen molar-refractivity contribution in [1.82, 2.24) is 14.4 Å². The van der Waals surface area contributed by atoms with E-state index in [2.05, 4.69) is 9.97 Å². The summed E-state index contributed by atoms with van der Waals surface area (Å²) in [6.45, 7) is 0. The van der Waals surface area contributed by atoms with Crippen molar-refractivity contribution in [3.63, 3.8) is 0 Å². The summed E-state index contributed by atoms with van der Waals surface area (Å²) in [5.74, 6) is 0. The van der Waals surface area contributed by atoms with E-state index >= 15 is 0 Å². The Morgan fingerprint density at radius 1 is 1.00 bits per heavy atom. The van der Waals surface area contributed by atoms with E-state index in [1.165, 1.54) is 0 Å². The maximum atomic E-state index is 4.13. The maximum Gasteiger partial charge on any atom is 0.116 e. The van der Waals surface area contributed by atoms with E-state index in [0.717, 1.165) is 16.6 Å². The molecule has 0 spiro atoms. The Bertz CT molecular complexity index is 446. The molecule has 0 bridgehead atoms. The fourth-order valence-corrected chi connectivity index (χ4v) is 1.42. The zero-order valence-electron chi connectivity index (χ0n) is 5.73. The lowest BCUT2D eigenvalue weighted by molar-refractivity contribution is 1.23. The molecule has 3 heterocycles. The Morgan fingerprint density at radius 2 is 1.64 bits per heavy atom. The second-order valence-electron chi connectivity index (χ2n) is 2.53. The SMILES string of the molecule is c1nc2ccn3ccc(n1)c23. The van der Waals surface area contributed by atoms with E-state index in [1.54, 1.807) is 6.33 Å². The average Bonchev–Trinajstić information content (AvgIpc) is 2.60. The van der Waals surface area contributed by atoms with E-state index < -0.39 is 0 Å². The molecule has 0 amide bonds. The molecule has 0 radical (unpaired) electrons. The maximum absolute atomic E-state index is 4.13. The molecule has 3 aromatic rings. The molecule has 0 fully saturated rings. The van der Waals surface area contributed by atoms with Crippen LogP contribution in [0.2, 0.25) is 0 Å². The number of hydrogen-bond acceptors (Lipinski definition) is 2. The summed E-state index contributed by atoms with van der Waals surface area (Å²) in [6, 6.07) is 3.98. The third-order valence-corrected chi connectivity index (χ3v) is 1.92. The molecule has 0 aliphatic carbocycles. The molecular weight excluding hydrogens is 138 g/mol. The minimum Gasteiger partial charge on any atom is -0.320 e. The van der Waals surface area contributed by atoms with E-state index in [4.69, 9.17) is 0 Å². The molecule has 0 aromatic carbocycles. The van der Waals surface area contributed by atoms with Gasteiger partial charge in [0.1, 0.15) is 6.33 Å². The summed E-state index contributed by atoms with van der Waals surface area (Å²) in [5.41, 5.74) is 3.15. The van der Waals surface area contributed by atoms with Crippen molar-refractivity contribution in [2.24, 2.45) is 0 Å². The van der Waals surface area contributed by atoms with Gasteiger partial charge in [0.2, 0.25) is 0 Å². The van der Waals surface area contributed by atoms with Crippen LogP contribution in [0.1, 0.15) is 0 Å². The lowest BCUT2D eigenvalue weighted by Crippen LogP contribution is -1.78. The summed E-state index contributed by atoms with van der Waals surface area (Å²) in [5, 5.41) is 0. The smallest absolute Gasteiger partial charge is 0.116 e. The van der Waals surface area contributed by atoms with Gasteiger partial charge in [-0.1, -0.05) is 0 Å². The van der Waals surface area contributed by atoms with Crippen LogP contribution in [0.3, 0.4) is 0 Å². The minimum absolute atomic E-state index is 1.01. The average molecular weight is 143 g/mol. The summed E-state index contributed by atoms with van der Waals surface area (Å²) in [6.07, 6.45) is 5.58. The Kier molecular flexibility index (Phi) is 0.692. The zero-order valence-corrected chi connectivity index (χ0v) is 5.73. The first kappa shape index (κ1) is 5.07. The zero-order chi connectivity index (χ0) is 7.26. The van der Waals surface area contributed by atoms with Crippen LogP contribution in [0, 0.1) is 0 Å². The molecule has 0 saturated carbocycles. The Hall–Kier alpha value is -1.64. The molecule has 0 saturated heterocycles. The lowest BCUT2D eigenvalue weighted by Gasteiger charge is -1.86. The third-order valence-electron chi connectivity index (χ3n) is 1.92. The molecule has 0 aliphatic heterocycles. The first-order valence-corrected chi connectivity index (χ1v) is 3.45. The van der Waals surface area contributed by atoms with Gasteiger partial charge in [-0.2, -0.15) is 0 Å². The highest BCUT2D eigenvalue weighted by Gasteiger charge is 2.03. The predicted molar refractivity (Wildman–Crippen MR) is 41.7 cm³/mol. The van der Waals surface area contributed by atoms with E-state index in [1.807, 2.05) is 28.9 Å². The van der Waals surface area contributed by atoms with Crippen molar-refractivity contribution < 1.29 is 0 Å². The minimum atomic E-state index is 1.01. The lowest BCUT2D eigenvalue weighted by atomic mass is 10.4. The first-order chi connectivity index (χ1) is 5.45. The van der Waals surface area contributed by atoms with Gasteiger partial charge >= 0.3 is 0 Å². The van der Waals surface area contributed by atoms with Crippen molar-refractivity contribution in [3.05, 3.63) is 30.9 Å². The molecule has 0 aliphatic rings. The molecule has 3 rings (SSSR count). The van der Waals surface area contributed by atoms with Crippen molar-refractivity contribution in [3.8, 4) is 0 Å². The molecule has 11 heavy (non-hydrogen) atoms. The Labute approximate surface area is 62.6 Å². The summed E-state index contributed by atoms with van der Waals surface area (Å²) in [4.78, 5) is 8.26. The van der Waals surface area contributed by atoms with Crippen LogP contribution < -0.4 is 0 Å². The van der Waals surface area contributed by atoms with Gasteiger partial charge in [-0.15, -0.1) is 0 Å². The monoisotopic (exact) mass is 143 g/mol. The quantitative estimate of drug-likeness (QED) is 0.475. The molecule has 0 unspecified atom stereocenters. The Balaban J connectivity index is 2.83. The van der Waals surface area contributed by atoms with E-state index in [9.17, 15) is 0 Å². The van der Waals surface area contributed by atoms with Crippen LogP contribution in [-0.4, -0.2) is 14.4 Å². The topological polar surface area (TPSA) is 30.2 Å². The number of nitrogens with zero attached hydrogens (tertiary/aromatic N) is 3. The second-order valence-corrected chi connectivity index (χ2v) is 2.53. The standard InChI is InChI=1S/C8H5N3/c1-3-11-4-2-7-8(11)6(1)9-5-10-7/h1-5H. The largest absolute Gasteiger partial charge is 0.320 e. The van der Waals surface area contributed by atoms with Crippen LogP contribution in [0.25, 0.3) is 16.6 Å². The molecule has 0 atom stereocenters. The van der Waals surface area contributed by atoms with E-state index in [0.29, 0.717) is 0 Å². The molecule has 0 N–H and O–H groups in total.